The monoisotopic (exact) mass is 235 g/mol. The van der Waals surface area contributed by atoms with Crippen molar-refractivity contribution in [1.29, 1.82) is 0 Å². The highest BCUT2D eigenvalue weighted by molar-refractivity contribution is 5.37. The van der Waals surface area contributed by atoms with Crippen molar-refractivity contribution in [2.75, 3.05) is 13.1 Å². The van der Waals surface area contributed by atoms with Crippen molar-refractivity contribution in [3.05, 3.63) is 29.3 Å². The Morgan fingerprint density at radius 2 is 2.00 bits per heavy atom. The molecule has 0 aliphatic carbocycles. The maximum Gasteiger partial charge on any atom is 0.120 e. The van der Waals surface area contributed by atoms with Crippen LogP contribution in [0.5, 0.6) is 5.75 Å². The molecule has 1 rings (SSSR count). The average Bonchev–Trinajstić information content (AvgIpc) is 2.29. The first kappa shape index (κ1) is 14.0. The van der Waals surface area contributed by atoms with E-state index in [9.17, 15) is 5.11 Å². The zero-order valence-corrected chi connectivity index (χ0v) is 11.5. The summed E-state index contributed by atoms with van der Waals surface area (Å²) in [6, 6.07) is 6.25. The lowest BCUT2D eigenvalue weighted by Crippen LogP contribution is -2.27. The van der Waals surface area contributed by atoms with E-state index >= 15 is 0 Å². The maximum atomic E-state index is 10.0. The van der Waals surface area contributed by atoms with Crippen LogP contribution in [0.1, 0.15) is 50.8 Å². The molecule has 1 aromatic carbocycles. The molecule has 96 valence electrons. The first-order chi connectivity index (χ1) is 8.10. The minimum Gasteiger partial charge on any atom is -0.508 e. The van der Waals surface area contributed by atoms with Crippen LogP contribution in [0.4, 0.5) is 0 Å². The highest BCUT2D eigenvalue weighted by Gasteiger charge is 2.16. The van der Waals surface area contributed by atoms with E-state index in [1.54, 1.807) is 0 Å². The molecule has 0 heterocycles. The largest absolute Gasteiger partial charge is 0.508 e. The van der Waals surface area contributed by atoms with E-state index in [0.29, 0.717) is 5.75 Å². The van der Waals surface area contributed by atoms with Crippen LogP contribution < -0.4 is 0 Å². The first-order valence-electron chi connectivity index (χ1n) is 6.63. The minimum atomic E-state index is 0.284. The number of benzene rings is 1. The molecular weight excluding hydrogens is 210 g/mol. The SMILES string of the molecule is CCCCN(CC)C(C)c1ccc(C)cc1O. The van der Waals surface area contributed by atoms with Crippen molar-refractivity contribution in [3.8, 4) is 5.75 Å². The van der Waals surface area contributed by atoms with Crippen molar-refractivity contribution in [3.63, 3.8) is 0 Å². The number of phenols is 1. The number of rotatable bonds is 6. The third-order valence-corrected chi connectivity index (χ3v) is 3.39. The number of aromatic hydroxyl groups is 1. The molecular formula is C15H25NO. The van der Waals surface area contributed by atoms with E-state index in [2.05, 4.69) is 31.7 Å². The lowest BCUT2D eigenvalue weighted by Gasteiger charge is -2.28. The smallest absolute Gasteiger partial charge is 0.120 e. The Hall–Kier alpha value is -1.02. The molecule has 0 aliphatic rings. The predicted octanol–water partition coefficient (Wildman–Crippen LogP) is 3.88. The van der Waals surface area contributed by atoms with Gasteiger partial charge in [0, 0.05) is 11.6 Å². The van der Waals surface area contributed by atoms with Crippen LogP contribution in [0.25, 0.3) is 0 Å². The Bertz CT molecular complexity index is 349. The van der Waals surface area contributed by atoms with Gasteiger partial charge in [0.1, 0.15) is 5.75 Å². The van der Waals surface area contributed by atoms with Crippen molar-refractivity contribution in [1.82, 2.24) is 4.90 Å². The van der Waals surface area contributed by atoms with E-state index in [-0.39, 0.29) is 6.04 Å². The van der Waals surface area contributed by atoms with Crippen molar-refractivity contribution in [2.24, 2.45) is 0 Å². The maximum absolute atomic E-state index is 10.0. The molecule has 17 heavy (non-hydrogen) atoms. The van der Waals surface area contributed by atoms with Gasteiger partial charge in [-0.15, -0.1) is 0 Å². The molecule has 0 saturated heterocycles. The molecule has 1 N–H and O–H groups in total. The highest BCUT2D eigenvalue weighted by atomic mass is 16.3. The number of hydrogen-bond acceptors (Lipinski definition) is 2. The molecule has 0 bridgehead atoms. The zero-order chi connectivity index (χ0) is 12.8. The van der Waals surface area contributed by atoms with Crippen LogP contribution in [-0.4, -0.2) is 23.1 Å². The van der Waals surface area contributed by atoms with E-state index in [1.807, 2.05) is 19.1 Å². The van der Waals surface area contributed by atoms with Crippen LogP contribution in [0, 0.1) is 6.92 Å². The lowest BCUT2D eigenvalue weighted by atomic mass is 10.0. The molecule has 1 aromatic rings. The Morgan fingerprint density at radius 1 is 1.29 bits per heavy atom. The minimum absolute atomic E-state index is 0.284. The Morgan fingerprint density at radius 3 is 2.53 bits per heavy atom. The van der Waals surface area contributed by atoms with Crippen molar-refractivity contribution >= 4 is 0 Å². The van der Waals surface area contributed by atoms with Crippen LogP contribution in [0.15, 0.2) is 18.2 Å². The molecule has 0 saturated carbocycles. The molecule has 2 nitrogen and oxygen atoms in total. The third-order valence-electron chi connectivity index (χ3n) is 3.39. The summed E-state index contributed by atoms with van der Waals surface area (Å²) in [5, 5.41) is 10.0. The number of aryl methyl sites for hydroxylation is 1. The second kappa shape index (κ2) is 6.65. The number of unbranched alkanes of at least 4 members (excludes halogenated alkanes) is 1. The quantitative estimate of drug-likeness (QED) is 0.808. The van der Waals surface area contributed by atoms with Gasteiger partial charge in [0.15, 0.2) is 0 Å². The number of phenolic OH excluding ortho intramolecular Hbond substituents is 1. The van der Waals surface area contributed by atoms with Gasteiger partial charge in [0.05, 0.1) is 0 Å². The van der Waals surface area contributed by atoms with Gasteiger partial charge in [0.25, 0.3) is 0 Å². The fourth-order valence-corrected chi connectivity index (χ4v) is 2.19. The van der Waals surface area contributed by atoms with E-state index in [4.69, 9.17) is 0 Å². The molecule has 1 atom stereocenters. The van der Waals surface area contributed by atoms with Crippen LogP contribution in [0.3, 0.4) is 0 Å². The Balaban J connectivity index is 2.81. The molecule has 0 aromatic heterocycles. The fourth-order valence-electron chi connectivity index (χ4n) is 2.19. The van der Waals surface area contributed by atoms with Gasteiger partial charge in [0.2, 0.25) is 0 Å². The summed E-state index contributed by atoms with van der Waals surface area (Å²) in [6.07, 6.45) is 2.42. The third kappa shape index (κ3) is 3.74. The molecule has 0 amide bonds. The zero-order valence-electron chi connectivity index (χ0n) is 11.5. The van der Waals surface area contributed by atoms with Gasteiger partial charge < -0.3 is 5.11 Å². The van der Waals surface area contributed by atoms with Gasteiger partial charge in [-0.1, -0.05) is 32.4 Å². The summed E-state index contributed by atoms with van der Waals surface area (Å²) in [5.41, 5.74) is 2.14. The molecule has 2 heteroatoms. The van der Waals surface area contributed by atoms with Gasteiger partial charge in [-0.3, -0.25) is 4.90 Å². The summed E-state index contributed by atoms with van der Waals surface area (Å²) < 4.78 is 0. The van der Waals surface area contributed by atoms with Crippen molar-refractivity contribution in [2.45, 2.75) is 46.6 Å². The van der Waals surface area contributed by atoms with Gasteiger partial charge in [-0.2, -0.15) is 0 Å². The first-order valence-corrected chi connectivity index (χ1v) is 6.63. The Kier molecular flexibility index (Phi) is 5.49. The molecule has 1 unspecified atom stereocenters. The van der Waals surface area contributed by atoms with Gasteiger partial charge in [-0.25, -0.2) is 0 Å². The molecule has 0 radical (unpaired) electrons. The van der Waals surface area contributed by atoms with Crippen molar-refractivity contribution < 1.29 is 5.11 Å². The predicted molar refractivity (Wildman–Crippen MR) is 73.4 cm³/mol. The second-order valence-electron chi connectivity index (χ2n) is 4.72. The fraction of sp³-hybridized carbons (Fsp3) is 0.600. The van der Waals surface area contributed by atoms with E-state index < -0.39 is 0 Å². The second-order valence-corrected chi connectivity index (χ2v) is 4.72. The summed E-state index contributed by atoms with van der Waals surface area (Å²) >= 11 is 0. The number of hydrogen-bond donors (Lipinski definition) is 1. The summed E-state index contributed by atoms with van der Waals surface area (Å²) in [5.74, 6) is 0.424. The molecule has 0 spiro atoms. The van der Waals surface area contributed by atoms with Gasteiger partial charge >= 0.3 is 0 Å². The van der Waals surface area contributed by atoms with E-state index in [1.165, 1.54) is 12.8 Å². The Labute approximate surface area is 105 Å². The summed E-state index contributed by atoms with van der Waals surface area (Å²) in [6.45, 7) is 10.7. The van der Waals surface area contributed by atoms with Gasteiger partial charge in [-0.05, 0) is 45.0 Å². The molecule has 0 fully saturated rings. The summed E-state index contributed by atoms with van der Waals surface area (Å²) in [7, 11) is 0. The van der Waals surface area contributed by atoms with Crippen LogP contribution >= 0.6 is 0 Å². The summed E-state index contributed by atoms with van der Waals surface area (Å²) in [4.78, 5) is 2.41. The standard InChI is InChI=1S/C15H25NO/c1-5-7-10-16(6-2)13(4)14-9-8-12(3)11-15(14)17/h8-9,11,13,17H,5-7,10H2,1-4H3. The highest BCUT2D eigenvalue weighted by Crippen LogP contribution is 2.29. The van der Waals surface area contributed by atoms with E-state index in [0.717, 1.165) is 24.2 Å². The van der Waals surface area contributed by atoms with Crippen LogP contribution in [-0.2, 0) is 0 Å². The topological polar surface area (TPSA) is 23.5 Å². The average molecular weight is 235 g/mol. The lowest BCUT2D eigenvalue weighted by molar-refractivity contribution is 0.215. The number of nitrogens with zero attached hydrogens (tertiary/aromatic N) is 1. The molecule has 0 aliphatic heterocycles. The van der Waals surface area contributed by atoms with Crippen LogP contribution in [0.2, 0.25) is 0 Å². The normalized spacial score (nSPS) is 13.0.